The SMILES string of the molecule is CC(CC(=O)O)CN1CCc2nc(-c3ccc(OCc4c(Cl)cccc4Cl)cc3)ncc2C1.O=C(O)C(F)(F)F. The fraction of sp³-hybridized carbons (Fsp3) is 0.333. The van der Waals surface area contributed by atoms with Gasteiger partial charge in [0, 0.05) is 65.4 Å². The quantitative estimate of drug-likeness (QED) is 0.318. The maximum Gasteiger partial charge on any atom is 0.490 e. The molecule has 1 aliphatic heterocycles. The highest BCUT2D eigenvalue weighted by atomic mass is 35.5. The number of carbonyl (C=O) groups is 2. The molecule has 3 aromatic rings. The molecule has 13 heteroatoms. The van der Waals surface area contributed by atoms with Crippen LogP contribution in [0.2, 0.25) is 10.0 Å². The second kappa shape index (κ2) is 13.8. The molecular formula is C27H26Cl2F3N3O5. The molecule has 2 aromatic carbocycles. The molecule has 0 fully saturated rings. The van der Waals surface area contributed by atoms with Crippen molar-refractivity contribution in [3.63, 3.8) is 0 Å². The second-order valence-corrected chi connectivity index (χ2v) is 9.98. The van der Waals surface area contributed by atoms with E-state index in [0.29, 0.717) is 21.6 Å². The fourth-order valence-corrected chi connectivity index (χ4v) is 4.51. The first kappa shape index (κ1) is 31.1. The highest BCUT2D eigenvalue weighted by molar-refractivity contribution is 6.35. The third-order valence-electron chi connectivity index (χ3n) is 5.91. The number of rotatable bonds is 8. The summed E-state index contributed by atoms with van der Waals surface area (Å²) >= 11 is 12.4. The Hall–Kier alpha value is -3.41. The van der Waals surface area contributed by atoms with Gasteiger partial charge in [0.1, 0.15) is 12.4 Å². The van der Waals surface area contributed by atoms with E-state index in [1.807, 2.05) is 37.4 Å². The maximum atomic E-state index is 10.9. The Bertz CT molecular complexity index is 1320. The lowest BCUT2D eigenvalue weighted by molar-refractivity contribution is -0.192. The van der Waals surface area contributed by atoms with Crippen molar-refractivity contribution < 1.29 is 37.7 Å². The summed E-state index contributed by atoms with van der Waals surface area (Å²) < 4.78 is 37.6. The van der Waals surface area contributed by atoms with E-state index in [1.165, 1.54) is 0 Å². The van der Waals surface area contributed by atoms with Gasteiger partial charge < -0.3 is 14.9 Å². The van der Waals surface area contributed by atoms with Gasteiger partial charge in [-0.3, -0.25) is 9.69 Å². The van der Waals surface area contributed by atoms with Crippen LogP contribution in [0.3, 0.4) is 0 Å². The van der Waals surface area contributed by atoms with E-state index in [9.17, 15) is 18.0 Å². The third kappa shape index (κ3) is 9.07. The molecule has 0 spiro atoms. The molecule has 1 unspecified atom stereocenters. The summed E-state index contributed by atoms with van der Waals surface area (Å²) in [5, 5.41) is 17.3. The molecule has 8 nitrogen and oxygen atoms in total. The van der Waals surface area contributed by atoms with Crippen LogP contribution >= 0.6 is 23.2 Å². The molecular weight excluding hydrogens is 574 g/mol. The molecule has 0 bridgehead atoms. The summed E-state index contributed by atoms with van der Waals surface area (Å²) in [6.45, 7) is 4.63. The summed E-state index contributed by atoms with van der Waals surface area (Å²) in [5.74, 6) is -2.01. The Morgan fingerprint density at radius 1 is 1.10 bits per heavy atom. The molecule has 1 atom stereocenters. The van der Waals surface area contributed by atoms with E-state index < -0.39 is 18.1 Å². The van der Waals surface area contributed by atoms with Crippen LogP contribution in [0.1, 0.15) is 30.2 Å². The Balaban J connectivity index is 0.000000559. The van der Waals surface area contributed by atoms with Gasteiger partial charge in [0.05, 0.1) is 5.69 Å². The fourth-order valence-electron chi connectivity index (χ4n) is 4.00. The molecule has 0 amide bonds. The lowest BCUT2D eigenvalue weighted by atomic mass is 10.0. The van der Waals surface area contributed by atoms with Crippen molar-refractivity contribution in [2.24, 2.45) is 5.92 Å². The Morgan fingerprint density at radius 3 is 2.30 bits per heavy atom. The Kier molecular flexibility index (Phi) is 10.7. The van der Waals surface area contributed by atoms with Gasteiger partial charge in [0.2, 0.25) is 0 Å². The smallest absolute Gasteiger partial charge is 0.489 e. The zero-order valence-electron chi connectivity index (χ0n) is 21.3. The van der Waals surface area contributed by atoms with Gasteiger partial charge in [0.25, 0.3) is 0 Å². The molecule has 2 N–H and O–H groups in total. The third-order valence-corrected chi connectivity index (χ3v) is 6.61. The van der Waals surface area contributed by atoms with Crippen LogP contribution < -0.4 is 4.74 Å². The largest absolute Gasteiger partial charge is 0.490 e. The number of nitrogens with zero attached hydrogens (tertiary/aromatic N) is 3. The molecule has 1 aromatic heterocycles. The van der Waals surface area contributed by atoms with Crippen molar-refractivity contribution in [1.29, 1.82) is 0 Å². The molecule has 0 aliphatic carbocycles. The first-order valence-electron chi connectivity index (χ1n) is 12.1. The van der Waals surface area contributed by atoms with Crippen LogP contribution in [0.25, 0.3) is 11.4 Å². The van der Waals surface area contributed by atoms with E-state index in [-0.39, 0.29) is 18.9 Å². The zero-order valence-corrected chi connectivity index (χ0v) is 22.8. The number of halogens is 5. The van der Waals surface area contributed by atoms with Crippen molar-refractivity contribution in [2.45, 2.75) is 39.1 Å². The van der Waals surface area contributed by atoms with Crippen LogP contribution in [0.15, 0.2) is 48.7 Å². The average molecular weight is 600 g/mol. The highest BCUT2D eigenvalue weighted by Gasteiger charge is 2.38. The van der Waals surface area contributed by atoms with Crippen molar-refractivity contribution in [1.82, 2.24) is 14.9 Å². The number of fused-ring (bicyclic) bond motifs is 1. The Morgan fingerprint density at radius 2 is 1.73 bits per heavy atom. The summed E-state index contributed by atoms with van der Waals surface area (Å²) in [6, 6.07) is 13.0. The molecule has 40 heavy (non-hydrogen) atoms. The van der Waals surface area contributed by atoms with Crippen LogP contribution in [-0.2, 0) is 29.2 Å². The second-order valence-electron chi connectivity index (χ2n) is 9.17. The normalized spacial score (nSPS) is 13.9. The lowest BCUT2D eigenvalue weighted by Gasteiger charge is -2.29. The minimum absolute atomic E-state index is 0.110. The average Bonchev–Trinajstić information content (AvgIpc) is 2.88. The van der Waals surface area contributed by atoms with Gasteiger partial charge in [-0.05, 0) is 42.3 Å². The first-order chi connectivity index (χ1) is 18.8. The van der Waals surface area contributed by atoms with E-state index in [0.717, 1.165) is 48.4 Å². The zero-order chi connectivity index (χ0) is 29.4. The Labute approximate surface area is 238 Å². The number of carboxylic acids is 2. The predicted molar refractivity (Wildman–Crippen MR) is 142 cm³/mol. The predicted octanol–water partition coefficient (Wildman–Crippen LogP) is 6.13. The van der Waals surface area contributed by atoms with Crippen molar-refractivity contribution in [2.75, 3.05) is 13.1 Å². The van der Waals surface area contributed by atoms with Gasteiger partial charge in [-0.2, -0.15) is 13.2 Å². The lowest BCUT2D eigenvalue weighted by Crippen LogP contribution is -2.35. The summed E-state index contributed by atoms with van der Waals surface area (Å²) in [6.07, 6.45) is -2.19. The number of ether oxygens (including phenoxy) is 1. The number of aromatic nitrogens is 2. The number of benzene rings is 2. The van der Waals surface area contributed by atoms with Gasteiger partial charge >= 0.3 is 18.1 Å². The van der Waals surface area contributed by atoms with Crippen LogP contribution in [-0.4, -0.2) is 56.3 Å². The van der Waals surface area contributed by atoms with E-state index >= 15 is 0 Å². The van der Waals surface area contributed by atoms with Crippen molar-refractivity contribution >= 4 is 35.1 Å². The van der Waals surface area contributed by atoms with Crippen molar-refractivity contribution in [3.05, 3.63) is 75.5 Å². The molecule has 4 rings (SSSR count). The van der Waals surface area contributed by atoms with Gasteiger partial charge in [-0.15, -0.1) is 0 Å². The van der Waals surface area contributed by atoms with Crippen LogP contribution in [0.5, 0.6) is 5.75 Å². The number of carboxylic acid groups (broad SMARTS) is 2. The first-order valence-corrected chi connectivity index (χ1v) is 12.8. The number of hydrogen-bond donors (Lipinski definition) is 2. The van der Waals surface area contributed by atoms with Crippen LogP contribution in [0.4, 0.5) is 13.2 Å². The van der Waals surface area contributed by atoms with E-state index in [4.69, 9.17) is 47.9 Å². The number of alkyl halides is 3. The molecule has 214 valence electrons. The topological polar surface area (TPSA) is 113 Å². The monoisotopic (exact) mass is 599 g/mol. The molecule has 2 heterocycles. The molecule has 0 radical (unpaired) electrons. The van der Waals surface area contributed by atoms with E-state index in [1.54, 1.807) is 18.2 Å². The van der Waals surface area contributed by atoms with Gasteiger partial charge in [0.15, 0.2) is 5.82 Å². The van der Waals surface area contributed by atoms with Gasteiger partial charge in [-0.25, -0.2) is 14.8 Å². The minimum Gasteiger partial charge on any atom is -0.489 e. The van der Waals surface area contributed by atoms with Gasteiger partial charge in [-0.1, -0.05) is 36.2 Å². The highest BCUT2D eigenvalue weighted by Crippen LogP contribution is 2.27. The molecule has 1 aliphatic rings. The number of aliphatic carboxylic acids is 2. The van der Waals surface area contributed by atoms with Crippen molar-refractivity contribution in [3.8, 4) is 17.1 Å². The van der Waals surface area contributed by atoms with E-state index in [2.05, 4.69) is 9.88 Å². The summed E-state index contributed by atoms with van der Waals surface area (Å²) in [5.41, 5.74) is 3.83. The molecule has 0 saturated carbocycles. The maximum absolute atomic E-state index is 10.9. The van der Waals surface area contributed by atoms with Crippen LogP contribution in [0, 0.1) is 5.92 Å². The standard InChI is InChI=1S/C25H25Cl2N3O3.C2HF3O2/c1-16(11-24(31)32)13-30-10-9-23-18(14-30)12-28-25(29-23)17-5-7-19(8-6-17)33-15-20-21(26)3-2-4-22(20)27;3-2(4,5)1(6)7/h2-8,12,16H,9-11,13-15H2,1H3,(H,31,32);(H,6,7). The number of hydrogen-bond acceptors (Lipinski definition) is 6. The molecule has 0 saturated heterocycles. The summed E-state index contributed by atoms with van der Waals surface area (Å²) in [4.78, 5) is 31.4. The summed E-state index contributed by atoms with van der Waals surface area (Å²) in [7, 11) is 0. The minimum atomic E-state index is -5.08.